The van der Waals surface area contributed by atoms with Crippen molar-refractivity contribution < 1.29 is 23.7 Å². The van der Waals surface area contributed by atoms with E-state index in [0.717, 1.165) is 5.56 Å². The van der Waals surface area contributed by atoms with Gasteiger partial charge in [-0.3, -0.25) is 0 Å². The number of benzene rings is 1. The first kappa shape index (κ1) is 21.0. The molecule has 3 rings (SSSR count). The Hall–Kier alpha value is -0.763. The SMILES string of the molecule is CC(C)(C)[Si](C)(C)O[C@H]1CO[C@H](c2ccccc2)O[C@@H]1C[C@@H]1O[C@@]1(C)CO. The van der Waals surface area contributed by atoms with Gasteiger partial charge in [-0.2, -0.15) is 0 Å². The van der Waals surface area contributed by atoms with Gasteiger partial charge in [-0.05, 0) is 25.1 Å². The Bertz CT molecular complexity index is 629. The number of ether oxygens (including phenoxy) is 3. The molecule has 2 saturated heterocycles. The summed E-state index contributed by atoms with van der Waals surface area (Å²) < 4.78 is 24.7. The van der Waals surface area contributed by atoms with Crippen molar-refractivity contribution in [3.8, 4) is 0 Å². The fourth-order valence-electron chi connectivity index (χ4n) is 3.17. The first-order valence-electron chi connectivity index (χ1n) is 9.84. The van der Waals surface area contributed by atoms with Crippen molar-refractivity contribution in [3.05, 3.63) is 35.9 Å². The van der Waals surface area contributed by atoms with Crippen LogP contribution in [0, 0.1) is 0 Å². The number of aliphatic hydroxyl groups excluding tert-OH is 1. The Morgan fingerprint density at radius 1 is 1.22 bits per heavy atom. The zero-order chi connectivity index (χ0) is 19.9. The highest BCUT2D eigenvalue weighted by Crippen LogP contribution is 2.43. The molecule has 0 bridgehead atoms. The Labute approximate surface area is 164 Å². The highest BCUT2D eigenvalue weighted by Gasteiger charge is 2.54. The summed E-state index contributed by atoms with van der Waals surface area (Å²) in [6, 6.07) is 9.99. The fraction of sp³-hybridized carbons (Fsp3) is 0.714. The van der Waals surface area contributed by atoms with Gasteiger partial charge in [0.15, 0.2) is 14.6 Å². The monoisotopic (exact) mass is 394 g/mol. The van der Waals surface area contributed by atoms with Gasteiger partial charge in [-0.1, -0.05) is 51.1 Å². The van der Waals surface area contributed by atoms with Crippen molar-refractivity contribution in [2.75, 3.05) is 13.2 Å². The first-order valence-corrected chi connectivity index (χ1v) is 12.7. The highest BCUT2D eigenvalue weighted by molar-refractivity contribution is 6.74. The van der Waals surface area contributed by atoms with E-state index in [0.29, 0.717) is 13.0 Å². The minimum absolute atomic E-state index is 0.00691. The second kappa shape index (κ2) is 7.58. The molecule has 0 aliphatic carbocycles. The summed E-state index contributed by atoms with van der Waals surface area (Å²) in [5, 5.41) is 9.65. The quantitative estimate of drug-likeness (QED) is 0.583. The van der Waals surface area contributed by atoms with Gasteiger partial charge in [0.1, 0.15) is 5.60 Å². The summed E-state index contributed by atoms with van der Waals surface area (Å²) >= 11 is 0. The van der Waals surface area contributed by atoms with Crippen molar-refractivity contribution >= 4 is 8.32 Å². The molecule has 0 amide bonds. The van der Waals surface area contributed by atoms with Crippen LogP contribution in [-0.2, 0) is 18.6 Å². The smallest absolute Gasteiger partial charge is 0.192 e. The average molecular weight is 395 g/mol. The summed E-state index contributed by atoms with van der Waals surface area (Å²) in [7, 11) is -1.96. The topological polar surface area (TPSA) is 60.5 Å². The first-order chi connectivity index (χ1) is 12.6. The van der Waals surface area contributed by atoms with E-state index in [4.69, 9.17) is 18.6 Å². The molecule has 1 aromatic rings. The molecular weight excluding hydrogens is 360 g/mol. The molecule has 152 valence electrons. The van der Waals surface area contributed by atoms with Crippen LogP contribution in [0.1, 0.15) is 46.0 Å². The Morgan fingerprint density at radius 3 is 2.44 bits per heavy atom. The largest absolute Gasteiger partial charge is 0.409 e. The van der Waals surface area contributed by atoms with Gasteiger partial charge in [0.25, 0.3) is 0 Å². The molecule has 2 aliphatic rings. The van der Waals surface area contributed by atoms with Crippen LogP contribution < -0.4 is 0 Å². The molecule has 0 radical (unpaired) electrons. The zero-order valence-electron chi connectivity index (χ0n) is 17.4. The van der Waals surface area contributed by atoms with E-state index in [1.807, 2.05) is 37.3 Å². The van der Waals surface area contributed by atoms with E-state index >= 15 is 0 Å². The molecule has 27 heavy (non-hydrogen) atoms. The van der Waals surface area contributed by atoms with E-state index in [9.17, 15) is 5.11 Å². The highest BCUT2D eigenvalue weighted by atomic mass is 28.4. The zero-order valence-corrected chi connectivity index (χ0v) is 18.4. The number of aliphatic hydroxyl groups is 1. The lowest BCUT2D eigenvalue weighted by atomic mass is 10.0. The molecule has 1 aromatic carbocycles. The molecular formula is C21H34O5Si. The van der Waals surface area contributed by atoms with Gasteiger partial charge in [0.05, 0.1) is 31.5 Å². The summed E-state index contributed by atoms with van der Waals surface area (Å²) in [4.78, 5) is 0. The molecule has 0 saturated carbocycles. The average Bonchev–Trinajstić information content (AvgIpc) is 3.26. The maximum Gasteiger partial charge on any atom is 0.192 e. The predicted molar refractivity (Wildman–Crippen MR) is 107 cm³/mol. The number of hydrogen-bond donors (Lipinski definition) is 1. The molecule has 0 spiro atoms. The standard InChI is InChI=1S/C21H34O5Si/c1-20(2,3)27(5,6)26-17-13-23-19(15-10-8-7-9-11-15)24-16(17)12-18-21(4,14-22)25-18/h7-11,16-19,22H,12-14H2,1-6H3/t16-,17+,18+,19+,21+/m1/s1. The fourth-order valence-corrected chi connectivity index (χ4v) is 4.50. The van der Waals surface area contributed by atoms with Gasteiger partial charge in [-0.25, -0.2) is 0 Å². The lowest BCUT2D eigenvalue weighted by Gasteiger charge is -2.44. The molecule has 5 atom stereocenters. The summed E-state index contributed by atoms with van der Waals surface area (Å²) in [5.41, 5.74) is 0.556. The van der Waals surface area contributed by atoms with Gasteiger partial charge < -0.3 is 23.7 Å². The molecule has 0 aromatic heterocycles. The number of epoxide rings is 1. The Balaban J connectivity index is 1.74. The third-order valence-corrected chi connectivity index (χ3v) is 10.7. The summed E-state index contributed by atoms with van der Waals surface area (Å²) in [6.45, 7) is 13.7. The van der Waals surface area contributed by atoms with Crippen LogP contribution in [0.2, 0.25) is 18.1 Å². The maximum atomic E-state index is 9.54. The van der Waals surface area contributed by atoms with Crippen LogP contribution >= 0.6 is 0 Å². The van der Waals surface area contributed by atoms with Crippen LogP contribution in [0.4, 0.5) is 0 Å². The third kappa shape index (κ3) is 4.63. The van der Waals surface area contributed by atoms with Gasteiger partial charge >= 0.3 is 0 Å². The molecule has 5 nitrogen and oxygen atoms in total. The van der Waals surface area contributed by atoms with E-state index in [-0.39, 0.29) is 30.0 Å². The molecule has 2 fully saturated rings. The van der Waals surface area contributed by atoms with E-state index < -0.39 is 20.2 Å². The molecule has 6 heteroatoms. The van der Waals surface area contributed by atoms with Crippen LogP contribution in [0.3, 0.4) is 0 Å². The predicted octanol–water partition coefficient (Wildman–Crippen LogP) is 4.03. The van der Waals surface area contributed by atoms with Gasteiger partial charge in [0, 0.05) is 12.0 Å². The van der Waals surface area contributed by atoms with Crippen LogP contribution in [0.15, 0.2) is 30.3 Å². The summed E-state index contributed by atoms with van der Waals surface area (Å²) in [6.07, 6.45) is 0.0415. The normalized spacial score (nSPS) is 34.5. The minimum Gasteiger partial charge on any atom is -0.409 e. The van der Waals surface area contributed by atoms with Crippen molar-refractivity contribution in [3.63, 3.8) is 0 Å². The Kier molecular flexibility index (Phi) is 5.88. The molecule has 0 unspecified atom stereocenters. The molecule has 1 N–H and O–H groups in total. The van der Waals surface area contributed by atoms with Crippen LogP contribution in [-0.4, -0.2) is 50.6 Å². The third-order valence-electron chi connectivity index (χ3n) is 6.24. The number of rotatable bonds is 6. The minimum atomic E-state index is -1.96. The van der Waals surface area contributed by atoms with Crippen molar-refractivity contribution in [2.24, 2.45) is 0 Å². The molecule has 2 heterocycles. The molecule has 2 aliphatic heterocycles. The second-order valence-corrected chi connectivity index (χ2v) is 14.2. The van der Waals surface area contributed by atoms with Crippen LogP contribution in [0.5, 0.6) is 0 Å². The van der Waals surface area contributed by atoms with E-state index in [1.54, 1.807) is 0 Å². The lowest BCUT2D eigenvalue weighted by Crippen LogP contribution is -2.52. The Morgan fingerprint density at radius 2 is 1.89 bits per heavy atom. The van der Waals surface area contributed by atoms with Crippen molar-refractivity contribution in [1.29, 1.82) is 0 Å². The van der Waals surface area contributed by atoms with Gasteiger partial charge in [0.2, 0.25) is 0 Å². The second-order valence-electron chi connectivity index (χ2n) is 9.48. The van der Waals surface area contributed by atoms with Crippen LogP contribution in [0.25, 0.3) is 0 Å². The maximum absolute atomic E-state index is 9.54. The number of hydrogen-bond acceptors (Lipinski definition) is 5. The van der Waals surface area contributed by atoms with E-state index in [2.05, 4.69) is 33.9 Å². The van der Waals surface area contributed by atoms with Crippen molar-refractivity contribution in [2.45, 2.75) is 82.5 Å². The summed E-state index contributed by atoms with van der Waals surface area (Å²) in [5.74, 6) is 0. The van der Waals surface area contributed by atoms with E-state index in [1.165, 1.54) is 0 Å². The van der Waals surface area contributed by atoms with Crippen molar-refractivity contribution in [1.82, 2.24) is 0 Å². The lowest BCUT2D eigenvalue weighted by molar-refractivity contribution is -0.255. The van der Waals surface area contributed by atoms with Gasteiger partial charge in [-0.15, -0.1) is 0 Å².